The number of halogens is 3. The third-order valence-corrected chi connectivity index (χ3v) is 5.74. The van der Waals surface area contributed by atoms with Gasteiger partial charge in [-0.3, -0.25) is 9.59 Å². The molecule has 0 spiro atoms. The van der Waals surface area contributed by atoms with Crippen LogP contribution in [-0.4, -0.2) is 41.0 Å². The molecule has 1 aliphatic rings. The molecule has 1 unspecified atom stereocenters. The minimum absolute atomic E-state index is 0.0641. The smallest absolute Gasteiger partial charge is 0.314 e. The van der Waals surface area contributed by atoms with Crippen LogP contribution in [0.25, 0.3) is 0 Å². The second-order valence-corrected chi connectivity index (χ2v) is 7.85. The Kier molecular flexibility index (Phi) is 7.15. The van der Waals surface area contributed by atoms with E-state index >= 15 is 0 Å². The Morgan fingerprint density at radius 3 is 2.80 bits per heavy atom. The van der Waals surface area contributed by atoms with Crippen molar-refractivity contribution in [2.24, 2.45) is 5.92 Å². The van der Waals surface area contributed by atoms with Crippen LogP contribution >= 0.6 is 23.2 Å². The number of pyridine rings is 1. The maximum Gasteiger partial charge on any atom is 0.314 e. The van der Waals surface area contributed by atoms with E-state index in [4.69, 9.17) is 27.9 Å². The average molecular weight is 455 g/mol. The van der Waals surface area contributed by atoms with E-state index in [0.717, 1.165) is 12.8 Å². The third kappa shape index (κ3) is 4.68. The fourth-order valence-corrected chi connectivity index (χ4v) is 4.03. The van der Waals surface area contributed by atoms with Gasteiger partial charge in [0.15, 0.2) is 5.78 Å². The summed E-state index contributed by atoms with van der Waals surface area (Å²) in [5, 5.41) is 9.77. The molecule has 9 heteroatoms. The van der Waals surface area contributed by atoms with Gasteiger partial charge in [-0.2, -0.15) is 0 Å². The molecule has 1 aromatic carbocycles. The number of benzene rings is 1. The first-order valence-corrected chi connectivity index (χ1v) is 10.3. The second kappa shape index (κ2) is 9.62. The lowest BCUT2D eigenvalue weighted by atomic mass is 9.94. The molecule has 6 nitrogen and oxygen atoms in total. The Labute approximate surface area is 183 Å². The number of hydrogen-bond acceptors (Lipinski definition) is 5. The Hall–Kier alpha value is -2.38. The zero-order valence-electron chi connectivity index (χ0n) is 16.3. The van der Waals surface area contributed by atoms with E-state index < -0.39 is 23.5 Å². The van der Waals surface area contributed by atoms with Gasteiger partial charge < -0.3 is 14.7 Å². The Balaban J connectivity index is 1.81. The van der Waals surface area contributed by atoms with Gasteiger partial charge in [0, 0.05) is 12.7 Å². The molecule has 0 radical (unpaired) electrons. The molecule has 2 aromatic rings. The maximum absolute atomic E-state index is 14.8. The molecule has 30 heavy (non-hydrogen) atoms. The van der Waals surface area contributed by atoms with Crippen molar-refractivity contribution >= 4 is 40.6 Å². The van der Waals surface area contributed by atoms with Crippen LogP contribution in [0.1, 0.15) is 36.5 Å². The number of ether oxygens (including phenoxy) is 1. The minimum Gasteiger partial charge on any atom is -0.481 e. The number of aliphatic carboxylic acids is 1. The van der Waals surface area contributed by atoms with Gasteiger partial charge in [0.1, 0.15) is 23.4 Å². The quantitative estimate of drug-likeness (QED) is 0.452. The summed E-state index contributed by atoms with van der Waals surface area (Å²) in [7, 11) is 0. The van der Waals surface area contributed by atoms with Crippen molar-refractivity contribution in [2.75, 3.05) is 18.1 Å². The predicted octanol–water partition coefficient (Wildman–Crippen LogP) is 4.87. The number of hydrogen-bond donors (Lipinski definition) is 1. The van der Waals surface area contributed by atoms with Crippen molar-refractivity contribution in [3.63, 3.8) is 0 Å². The summed E-state index contributed by atoms with van der Waals surface area (Å²) >= 11 is 12.4. The van der Waals surface area contributed by atoms with Gasteiger partial charge in [-0.05, 0) is 43.5 Å². The number of ketones is 1. The van der Waals surface area contributed by atoms with E-state index in [-0.39, 0.29) is 29.7 Å². The van der Waals surface area contributed by atoms with Gasteiger partial charge in [-0.1, -0.05) is 30.1 Å². The van der Waals surface area contributed by atoms with E-state index in [0.29, 0.717) is 23.1 Å². The fourth-order valence-electron chi connectivity index (χ4n) is 3.58. The van der Waals surface area contributed by atoms with Gasteiger partial charge in [0.2, 0.25) is 5.88 Å². The van der Waals surface area contributed by atoms with Crippen molar-refractivity contribution in [1.82, 2.24) is 4.98 Å². The molecule has 1 aromatic heterocycles. The predicted molar refractivity (Wildman–Crippen MR) is 112 cm³/mol. The van der Waals surface area contributed by atoms with E-state index in [2.05, 4.69) is 4.98 Å². The molecule has 0 amide bonds. The minimum atomic E-state index is -1.31. The number of aromatic nitrogens is 1. The second-order valence-electron chi connectivity index (χ2n) is 7.04. The van der Waals surface area contributed by atoms with Crippen LogP contribution in [0.3, 0.4) is 0 Å². The highest BCUT2D eigenvalue weighted by Gasteiger charge is 2.31. The number of carboxylic acids is 1. The number of carbonyl (C=O) groups is 2. The summed E-state index contributed by atoms with van der Waals surface area (Å²) in [5.41, 5.74) is 0.123. The van der Waals surface area contributed by atoms with Gasteiger partial charge in [0.05, 0.1) is 22.3 Å². The van der Waals surface area contributed by atoms with E-state index in [1.54, 1.807) is 25.3 Å². The van der Waals surface area contributed by atoms with Gasteiger partial charge >= 0.3 is 5.97 Å². The first-order valence-electron chi connectivity index (χ1n) is 9.59. The number of Topliss-reactive ketones (excluding diaryl/α,β-unsaturated/α-hetero) is 1. The molecule has 0 saturated carbocycles. The van der Waals surface area contributed by atoms with Crippen molar-refractivity contribution in [2.45, 2.75) is 32.2 Å². The average Bonchev–Trinajstić information content (AvgIpc) is 3.17. The molecule has 2 atom stereocenters. The third-order valence-electron chi connectivity index (χ3n) is 5.15. The van der Waals surface area contributed by atoms with E-state index in [1.807, 2.05) is 4.90 Å². The van der Waals surface area contributed by atoms with Crippen LogP contribution in [0.4, 0.5) is 10.1 Å². The Bertz CT molecular complexity index is 957. The van der Waals surface area contributed by atoms with Gasteiger partial charge in [0.25, 0.3) is 0 Å². The molecule has 1 fully saturated rings. The number of carbonyl (C=O) groups excluding carboxylic acids is 1. The molecule has 3 rings (SSSR count). The molecule has 0 aliphatic carbocycles. The highest BCUT2D eigenvalue weighted by atomic mass is 35.5. The molecule has 0 bridgehead atoms. The summed E-state index contributed by atoms with van der Waals surface area (Å²) in [5.74, 6) is -3.85. The van der Waals surface area contributed by atoms with Crippen LogP contribution in [0.5, 0.6) is 5.88 Å². The lowest BCUT2D eigenvalue weighted by Crippen LogP contribution is -2.34. The monoisotopic (exact) mass is 454 g/mol. The summed E-state index contributed by atoms with van der Waals surface area (Å²) in [6, 6.07) is 5.71. The molecular formula is C21H21Cl2FN2O4. The Morgan fingerprint density at radius 2 is 2.13 bits per heavy atom. The first-order chi connectivity index (χ1) is 14.3. The standard InChI is InChI=1S/C21H21Cl2FN2O4/c1-2-13(21(28)29)19(27)14-9-16(23)18(10-17(14)24)26-8-4-5-12(26)11-30-20-15(22)6-3-7-25-20/h3,6-7,9-10,12-13H,2,4-5,8,11H2,1H3,(H,28,29)/t12?,13-/m1/s1. The molecule has 160 valence electrons. The van der Waals surface area contributed by atoms with Crippen LogP contribution < -0.4 is 9.64 Å². The van der Waals surface area contributed by atoms with E-state index in [1.165, 1.54) is 12.1 Å². The largest absolute Gasteiger partial charge is 0.481 e. The molecule has 1 saturated heterocycles. The Morgan fingerprint density at radius 1 is 1.37 bits per heavy atom. The topological polar surface area (TPSA) is 79.7 Å². The molecule has 1 aliphatic heterocycles. The molecule has 1 N–H and O–H groups in total. The van der Waals surface area contributed by atoms with Crippen molar-refractivity contribution < 1.29 is 23.8 Å². The van der Waals surface area contributed by atoms with Crippen molar-refractivity contribution in [3.05, 3.63) is 51.9 Å². The van der Waals surface area contributed by atoms with Gasteiger partial charge in [-0.25, -0.2) is 9.37 Å². The summed E-state index contributed by atoms with van der Waals surface area (Å²) in [4.78, 5) is 29.7. The van der Waals surface area contributed by atoms with Crippen LogP contribution in [0.15, 0.2) is 30.5 Å². The fraction of sp³-hybridized carbons (Fsp3) is 0.381. The maximum atomic E-state index is 14.8. The summed E-state index contributed by atoms with van der Waals surface area (Å²) in [6.45, 7) is 2.49. The van der Waals surface area contributed by atoms with Crippen LogP contribution in [0.2, 0.25) is 10.0 Å². The first kappa shape index (κ1) is 22.3. The lowest BCUT2D eigenvalue weighted by Gasteiger charge is -2.28. The van der Waals surface area contributed by atoms with Crippen LogP contribution in [-0.2, 0) is 4.79 Å². The van der Waals surface area contributed by atoms with Crippen molar-refractivity contribution in [1.29, 1.82) is 0 Å². The SMILES string of the molecule is CC[C@@H](C(=O)O)C(=O)c1cc(Cl)c(N2CCCC2COc2ncccc2Cl)cc1F. The normalized spacial score (nSPS) is 17.1. The number of nitrogens with zero attached hydrogens (tertiary/aromatic N) is 2. The van der Waals surface area contributed by atoms with Crippen molar-refractivity contribution in [3.8, 4) is 5.88 Å². The number of rotatable bonds is 8. The molecular weight excluding hydrogens is 434 g/mol. The molecule has 2 heterocycles. The van der Waals surface area contributed by atoms with Crippen LogP contribution in [0, 0.1) is 11.7 Å². The lowest BCUT2D eigenvalue weighted by molar-refractivity contribution is -0.140. The highest BCUT2D eigenvalue weighted by Crippen LogP contribution is 2.35. The van der Waals surface area contributed by atoms with E-state index in [9.17, 15) is 19.1 Å². The summed E-state index contributed by atoms with van der Waals surface area (Å²) in [6.07, 6.45) is 3.31. The highest BCUT2D eigenvalue weighted by molar-refractivity contribution is 6.33. The van der Waals surface area contributed by atoms with Gasteiger partial charge in [-0.15, -0.1) is 0 Å². The zero-order valence-corrected chi connectivity index (χ0v) is 17.8. The zero-order chi connectivity index (χ0) is 21.8. The number of anilines is 1. The summed E-state index contributed by atoms with van der Waals surface area (Å²) < 4.78 is 20.5. The number of carboxylic acid groups (broad SMARTS) is 1.